The Labute approximate surface area is 203 Å². The summed E-state index contributed by atoms with van der Waals surface area (Å²) in [7, 11) is -9.92. The fraction of sp³-hybridized carbons (Fsp3) is 0.333. The van der Waals surface area contributed by atoms with Crippen LogP contribution in [0.5, 0.6) is 0 Å². The Balaban J connectivity index is 1.48. The summed E-state index contributed by atoms with van der Waals surface area (Å²) < 4.78 is 37.9. The van der Waals surface area contributed by atoms with E-state index in [1.807, 2.05) is 0 Å². The van der Waals surface area contributed by atoms with Gasteiger partial charge in [0.05, 0.1) is 12.9 Å². The van der Waals surface area contributed by atoms with Crippen LogP contribution >= 0.6 is 15.4 Å². The number of anilines is 2. The first kappa shape index (κ1) is 26.3. The van der Waals surface area contributed by atoms with Gasteiger partial charge in [-0.05, 0) is 12.1 Å². The summed E-state index contributed by atoms with van der Waals surface area (Å²) in [5, 5.41) is 26.0. The van der Waals surface area contributed by atoms with Gasteiger partial charge in [0.2, 0.25) is 0 Å². The Kier molecular flexibility index (Phi) is 7.52. The number of urea groups is 1. The van der Waals surface area contributed by atoms with Crippen molar-refractivity contribution in [2.24, 2.45) is 0 Å². The summed E-state index contributed by atoms with van der Waals surface area (Å²) in [5.74, 6) is 0.0474. The standard InChI is InChI=1S/C18H22N6O10P2/c1-35(28,29)34-36(30,31)32-7-11-13(25)14(26)17(33-11)24-9-21-12-15(19-8-20-16(12)24)23-18(27)22-10-5-3-2-4-6-10/h2-6,8-9,11,13-14,17,25-26H,7H2,1H3,(H,28,29)(H,30,31)(H2,19,20,22,23,27)/p-2/t11-,13?,14+,17-/m1/s1. The van der Waals surface area contributed by atoms with Crippen molar-refractivity contribution in [2.75, 3.05) is 23.9 Å². The number of aromatic nitrogens is 4. The van der Waals surface area contributed by atoms with Gasteiger partial charge in [-0.1, -0.05) is 18.2 Å². The van der Waals surface area contributed by atoms with E-state index in [0.717, 1.165) is 6.33 Å². The van der Waals surface area contributed by atoms with Gasteiger partial charge >= 0.3 is 6.03 Å². The molecule has 1 saturated heterocycles. The summed E-state index contributed by atoms with van der Waals surface area (Å²) in [4.78, 5) is 47.3. The van der Waals surface area contributed by atoms with Crippen molar-refractivity contribution in [1.29, 1.82) is 0 Å². The van der Waals surface area contributed by atoms with E-state index in [2.05, 4.69) is 34.4 Å². The maximum atomic E-state index is 12.3. The predicted octanol–water partition coefficient (Wildman–Crippen LogP) is -0.226. The number of carbonyl (C=O) groups excluding carboxylic acids is 1. The number of nitrogens with zero attached hydrogens (tertiary/aromatic N) is 4. The highest BCUT2D eigenvalue weighted by Gasteiger charge is 2.45. The number of phosphoric acid groups is 1. The summed E-state index contributed by atoms with van der Waals surface area (Å²) in [6, 6.07) is 8.06. The largest absolute Gasteiger partial charge is 0.778 e. The molecule has 0 saturated carbocycles. The molecule has 1 fully saturated rings. The second kappa shape index (κ2) is 10.3. The molecule has 4 rings (SSSR count). The lowest BCUT2D eigenvalue weighted by molar-refractivity contribution is -0.233. The molecule has 0 bridgehead atoms. The summed E-state index contributed by atoms with van der Waals surface area (Å²) in [6.07, 6.45) is -3.52. The lowest BCUT2D eigenvalue weighted by Crippen LogP contribution is -2.34. The maximum absolute atomic E-state index is 12.3. The second-order valence-corrected chi connectivity index (χ2v) is 11.0. The molecule has 16 nitrogen and oxygen atoms in total. The SMILES string of the molecule is CP(=O)([O-])OP(=O)([O-])OC[C@H]1O[C@@H](n2cnc3c(NC(=O)Nc4ccccc4)ncnc32)[C@@H](O)C1O. The van der Waals surface area contributed by atoms with Crippen molar-refractivity contribution in [1.82, 2.24) is 19.5 Å². The molecule has 0 aliphatic carbocycles. The Morgan fingerprint density at radius 1 is 1.14 bits per heavy atom. The quantitative estimate of drug-likeness (QED) is 0.270. The van der Waals surface area contributed by atoms with Crippen molar-refractivity contribution in [2.45, 2.75) is 24.5 Å². The number of aliphatic hydroxyl groups is 2. The highest BCUT2D eigenvalue weighted by molar-refractivity contribution is 7.62. The van der Waals surface area contributed by atoms with Crippen molar-refractivity contribution in [3.63, 3.8) is 0 Å². The highest BCUT2D eigenvalue weighted by Crippen LogP contribution is 2.53. The average molecular weight is 542 g/mol. The van der Waals surface area contributed by atoms with Crippen LogP contribution in [0, 0.1) is 0 Å². The zero-order chi connectivity index (χ0) is 26.1. The van der Waals surface area contributed by atoms with E-state index < -0.39 is 52.6 Å². The van der Waals surface area contributed by atoms with Crippen LogP contribution in [0.15, 0.2) is 43.0 Å². The molecule has 3 unspecified atom stereocenters. The molecule has 0 spiro atoms. The summed E-state index contributed by atoms with van der Waals surface area (Å²) in [6.45, 7) is -0.300. The van der Waals surface area contributed by atoms with Crippen molar-refractivity contribution in [3.8, 4) is 0 Å². The molecule has 18 heteroatoms. The van der Waals surface area contributed by atoms with E-state index in [1.54, 1.807) is 30.3 Å². The van der Waals surface area contributed by atoms with Crippen LogP contribution in [0.3, 0.4) is 0 Å². The molecular formula is C18H20N6O10P2-2. The van der Waals surface area contributed by atoms with Crippen molar-refractivity contribution in [3.05, 3.63) is 43.0 Å². The first-order chi connectivity index (χ1) is 16.9. The van der Waals surface area contributed by atoms with Crippen LogP contribution in [-0.2, 0) is 22.7 Å². The number of nitrogens with one attached hydrogen (secondary N) is 2. The number of fused-ring (bicyclic) bond motifs is 1. The first-order valence-corrected chi connectivity index (χ1v) is 13.7. The minimum Gasteiger partial charge on any atom is -0.778 e. The van der Waals surface area contributed by atoms with Gasteiger partial charge in [-0.15, -0.1) is 0 Å². The van der Waals surface area contributed by atoms with E-state index in [1.165, 1.54) is 10.9 Å². The summed E-state index contributed by atoms with van der Waals surface area (Å²) in [5.41, 5.74) is 0.798. The summed E-state index contributed by atoms with van der Waals surface area (Å²) >= 11 is 0. The van der Waals surface area contributed by atoms with E-state index >= 15 is 0 Å². The number of aliphatic hydroxyl groups excluding tert-OH is 2. The van der Waals surface area contributed by atoms with Gasteiger partial charge in [0.25, 0.3) is 7.82 Å². The number of hydrogen-bond donors (Lipinski definition) is 4. The van der Waals surface area contributed by atoms with Crippen LogP contribution in [0.2, 0.25) is 0 Å². The number of hydrogen-bond acceptors (Lipinski definition) is 13. The fourth-order valence-corrected chi connectivity index (χ4v) is 5.36. The van der Waals surface area contributed by atoms with E-state index in [0.29, 0.717) is 12.4 Å². The third-order valence-corrected chi connectivity index (χ3v) is 7.33. The molecule has 0 radical (unpaired) electrons. The van der Waals surface area contributed by atoms with Gasteiger partial charge in [-0.25, -0.2) is 19.7 Å². The lowest BCUT2D eigenvalue weighted by Gasteiger charge is -2.29. The Bertz CT molecular complexity index is 1330. The van der Waals surface area contributed by atoms with Crippen molar-refractivity contribution < 1.29 is 47.5 Å². The molecule has 194 valence electrons. The molecule has 4 N–H and O–H groups in total. The number of amides is 2. The minimum absolute atomic E-state index is 0.0474. The zero-order valence-electron chi connectivity index (χ0n) is 18.4. The molecule has 1 aliphatic rings. The maximum Gasteiger partial charge on any atom is 0.324 e. The molecular weight excluding hydrogens is 522 g/mol. The van der Waals surface area contributed by atoms with Crippen molar-refractivity contribution >= 4 is 44.1 Å². The predicted molar refractivity (Wildman–Crippen MR) is 119 cm³/mol. The van der Waals surface area contributed by atoms with E-state index in [4.69, 9.17) is 4.74 Å². The van der Waals surface area contributed by atoms with Crippen LogP contribution in [0.25, 0.3) is 11.2 Å². The smallest absolute Gasteiger partial charge is 0.324 e. The van der Waals surface area contributed by atoms with E-state index in [-0.39, 0.29) is 17.0 Å². The monoisotopic (exact) mass is 542 g/mol. The highest BCUT2D eigenvalue weighted by atomic mass is 31.3. The van der Waals surface area contributed by atoms with Gasteiger partial charge in [0, 0.05) is 12.4 Å². The number of carbonyl (C=O) groups is 1. The Hall–Kier alpha value is -2.78. The van der Waals surface area contributed by atoms with Crippen LogP contribution in [0.1, 0.15) is 6.23 Å². The molecule has 1 aliphatic heterocycles. The van der Waals surface area contributed by atoms with Gasteiger partial charge < -0.3 is 39.1 Å². The number of imidazole rings is 1. The Morgan fingerprint density at radius 2 is 1.86 bits per heavy atom. The van der Waals surface area contributed by atoms with Gasteiger partial charge in [-0.2, -0.15) is 0 Å². The molecule has 3 aromatic rings. The number of ether oxygens (including phenoxy) is 1. The van der Waals surface area contributed by atoms with Gasteiger partial charge in [0.1, 0.15) is 32.2 Å². The molecule has 1 aromatic carbocycles. The number of rotatable bonds is 8. The fourth-order valence-electron chi connectivity index (χ4n) is 3.39. The third kappa shape index (κ3) is 6.13. The Morgan fingerprint density at radius 3 is 2.56 bits per heavy atom. The van der Waals surface area contributed by atoms with E-state index in [9.17, 15) is 33.9 Å². The average Bonchev–Trinajstić information content (AvgIpc) is 3.33. The molecule has 3 heterocycles. The third-order valence-electron chi connectivity index (χ3n) is 4.88. The first-order valence-electron chi connectivity index (χ1n) is 10.2. The molecule has 36 heavy (non-hydrogen) atoms. The second-order valence-electron chi connectivity index (χ2n) is 7.63. The van der Waals surface area contributed by atoms with Crippen LogP contribution < -0.4 is 20.4 Å². The van der Waals surface area contributed by atoms with Gasteiger partial charge in [0.15, 0.2) is 23.2 Å². The van der Waals surface area contributed by atoms with Gasteiger partial charge in [-0.3, -0.25) is 18.8 Å². The zero-order valence-corrected chi connectivity index (χ0v) is 20.2. The molecule has 2 aromatic heterocycles. The molecule has 6 atom stereocenters. The lowest BCUT2D eigenvalue weighted by atomic mass is 10.1. The molecule has 2 amide bonds. The minimum atomic E-state index is -5.26. The topological polar surface area (TPSA) is 233 Å². The van der Waals surface area contributed by atoms with Crippen LogP contribution in [0.4, 0.5) is 16.3 Å². The number of phosphoric ester groups is 1. The van der Waals surface area contributed by atoms with Crippen LogP contribution in [-0.4, -0.2) is 67.3 Å². The normalized spacial score (nSPS) is 25.2. The number of para-hydroxylation sites is 1. The number of benzene rings is 1.